The smallest absolute Gasteiger partial charge is 0.342 e. The lowest BCUT2D eigenvalue weighted by Gasteiger charge is -2.54. The van der Waals surface area contributed by atoms with Crippen LogP contribution in [-0.4, -0.2) is 113 Å². The van der Waals surface area contributed by atoms with Gasteiger partial charge in [0.2, 0.25) is 11.6 Å². The second-order valence-corrected chi connectivity index (χ2v) is 19.9. The standard InChI is InChI=1S/C25H28O9.C23H26O7/c1-12(26)33-15-9-23(2)14(5-6-25(23)31-7-8-32-25)17-19(15)24(3)16(11-29-4)34-22(28)13-10-30-21(18(13)24)20(17)27;1-21-6-4-14-16(13(21)5-7-23(21)28-8-9-29-23)18(24)19-17-12(10-27-19)20(25)30-15(11-26-3)22(14,17)2/h10,14-16H,5-9,11H2,1-4H3;10,13,15H,4-9,11H2,1-3H3/t14-,15?,16+,23?,24?;13-,15+,21?,22?/m00/s1. The quantitative estimate of drug-likeness (QED) is 0.255. The van der Waals surface area contributed by atoms with Crippen molar-refractivity contribution in [1.29, 1.82) is 0 Å². The number of carbonyl (C=O) groups excluding carboxylic acids is 5. The highest BCUT2D eigenvalue weighted by Gasteiger charge is 2.71. The highest BCUT2D eigenvalue weighted by Crippen LogP contribution is 2.68. The molecule has 4 aliphatic heterocycles. The summed E-state index contributed by atoms with van der Waals surface area (Å²) in [4.78, 5) is 65.4. The minimum absolute atomic E-state index is 0.0196. The normalized spacial score (nSPS) is 37.9. The molecule has 16 nitrogen and oxygen atoms in total. The van der Waals surface area contributed by atoms with Crippen molar-refractivity contribution in [3.8, 4) is 0 Å². The molecule has 4 fully saturated rings. The fraction of sp³-hybridized carbons (Fsp3) is 0.646. The zero-order valence-corrected chi connectivity index (χ0v) is 37.3. The highest BCUT2D eigenvalue weighted by molar-refractivity contribution is 6.14. The molecule has 10 aliphatic rings. The topological polar surface area (TPSA) is 195 Å². The van der Waals surface area contributed by atoms with E-state index in [9.17, 15) is 24.0 Å². The monoisotopic (exact) mass is 886 g/mol. The first-order valence-electron chi connectivity index (χ1n) is 22.5. The van der Waals surface area contributed by atoms with Crippen LogP contribution in [-0.2, 0) is 58.3 Å². The van der Waals surface area contributed by atoms with Crippen LogP contribution in [0.25, 0.3) is 0 Å². The highest BCUT2D eigenvalue weighted by atomic mass is 16.7. The number of ether oxygens (including phenoxy) is 9. The Morgan fingerprint density at radius 2 is 1.16 bits per heavy atom. The van der Waals surface area contributed by atoms with Gasteiger partial charge in [-0.1, -0.05) is 13.8 Å². The molecule has 2 spiro atoms. The average Bonchev–Trinajstić information content (AvgIpc) is 4.12. The Morgan fingerprint density at radius 1 is 0.672 bits per heavy atom. The molecule has 0 radical (unpaired) electrons. The van der Waals surface area contributed by atoms with E-state index in [1.165, 1.54) is 26.6 Å². The van der Waals surface area contributed by atoms with Crippen LogP contribution in [0.3, 0.4) is 0 Å². The van der Waals surface area contributed by atoms with Gasteiger partial charge in [-0.15, -0.1) is 0 Å². The Labute approximate surface area is 369 Å². The summed E-state index contributed by atoms with van der Waals surface area (Å²) >= 11 is 0. The molecule has 6 heterocycles. The van der Waals surface area contributed by atoms with Gasteiger partial charge in [-0.2, -0.15) is 0 Å². The van der Waals surface area contributed by atoms with Crippen LogP contribution in [0, 0.1) is 22.7 Å². The van der Waals surface area contributed by atoms with E-state index in [4.69, 9.17) is 51.5 Å². The van der Waals surface area contributed by atoms with E-state index in [-0.39, 0.29) is 59.1 Å². The summed E-state index contributed by atoms with van der Waals surface area (Å²) in [5, 5.41) is 0. The lowest BCUT2D eigenvalue weighted by Crippen LogP contribution is -2.59. The molecule has 12 rings (SSSR count). The van der Waals surface area contributed by atoms with Crippen molar-refractivity contribution in [1.82, 2.24) is 0 Å². The van der Waals surface area contributed by atoms with Gasteiger partial charge in [0, 0.05) is 67.1 Å². The Hall–Kier alpha value is -4.45. The number of rotatable bonds is 5. The minimum atomic E-state index is -0.959. The van der Waals surface area contributed by atoms with Gasteiger partial charge in [-0.25, -0.2) is 9.59 Å². The Kier molecular flexibility index (Phi) is 9.25. The molecule has 0 amide bonds. The largest absolute Gasteiger partial charge is 0.460 e. The molecule has 342 valence electrons. The van der Waals surface area contributed by atoms with E-state index >= 15 is 0 Å². The van der Waals surface area contributed by atoms with Crippen LogP contribution in [0.5, 0.6) is 0 Å². The maximum absolute atomic E-state index is 14.0. The lowest BCUT2D eigenvalue weighted by atomic mass is 9.53. The molecular formula is C48H54O16. The number of allylic oxidation sites excluding steroid dienone is 2. The van der Waals surface area contributed by atoms with E-state index in [0.29, 0.717) is 73.5 Å². The van der Waals surface area contributed by atoms with Gasteiger partial charge in [0.25, 0.3) is 0 Å². The number of fused-ring (bicyclic) bond motifs is 8. The number of hydrogen-bond donors (Lipinski definition) is 0. The third-order valence-corrected chi connectivity index (χ3v) is 17.3. The van der Waals surface area contributed by atoms with Crippen LogP contribution in [0.15, 0.2) is 43.7 Å². The molecule has 16 heteroatoms. The van der Waals surface area contributed by atoms with E-state index in [1.807, 2.05) is 6.92 Å². The molecule has 9 atom stereocenters. The number of cyclic esters (lactones) is 2. The predicted octanol–water partition coefficient (Wildman–Crippen LogP) is 5.88. The predicted molar refractivity (Wildman–Crippen MR) is 217 cm³/mol. The Bertz CT molecular complexity index is 2470. The molecule has 64 heavy (non-hydrogen) atoms. The fourth-order valence-electron chi connectivity index (χ4n) is 14.4. The van der Waals surface area contributed by atoms with Crippen molar-refractivity contribution in [3.63, 3.8) is 0 Å². The summed E-state index contributed by atoms with van der Waals surface area (Å²) in [5.74, 6) is -3.04. The van der Waals surface area contributed by atoms with Crippen molar-refractivity contribution >= 4 is 29.5 Å². The van der Waals surface area contributed by atoms with Crippen LogP contribution >= 0.6 is 0 Å². The molecular weight excluding hydrogens is 833 g/mol. The summed E-state index contributed by atoms with van der Waals surface area (Å²) in [7, 11) is 3.13. The van der Waals surface area contributed by atoms with Gasteiger partial charge < -0.3 is 51.5 Å². The molecule has 2 aromatic rings. The van der Waals surface area contributed by atoms with Gasteiger partial charge in [0.1, 0.15) is 42.0 Å². The first-order chi connectivity index (χ1) is 30.5. The van der Waals surface area contributed by atoms with E-state index < -0.39 is 64.0 Å². The Morgan fingerprint density at radius 3 is 1.69 bits per heavy atom. The van der Waals surface area contributed by atoms with Crippen LogP contribution in [0.1, 0.15) is 133 Å². The summed E-state index contributed by atoms with van der Waals surface area (Å²) < 4.78 is 64.5. The summed E-state index contributed by atoms with van der Waals surface area (Å²) in [6, 6.07) is 0. The maximum atomic E-state index is 14.0. The number of methoxy groups -OCH3 is 2. The van der Waals surface area contributed by atoms with Crippen LogP contribution in [0.2, 0.25) is 0 Å². The molecule has 2 saturated carbocycles. The number of ketones is 2. The fourth-order valence-corrected chi connectivity index (χ4v) is 14.4. The second kappa shape index (κ2) is 14.0. The van der Waals surface area contributed by atoms with Gasteiger partial charge in [-0.05, 0) is 68.9 Å². The number of Topliss-reactive ketones (excluding diaryl/α,β-unsaturated/α-hetero) is 2. The molecule has 5 unspecified atom stereocenters. The minimum Gasteiger partial charge on any atom is -0.460 e. The first-order valence-corrected chi connectivity index (χ1v) is 22.5. The molecule has 0 bridgehead atoms. The molecule has 0 aromatic carbocycles. The number of carbonyl (C=O) groups is 5. The third-order valence-electron chi connectivity index (χ3n) is 17.3. The third kappa shape index (κ3) is 5.07. The van der Waals surface area contributed by atoms with Gasteiger partial charge in [0.15, 0.2) is 23.1 Å². The maximum Gasteiger partial charge on any atom is 0.342 e. The van der Waals surface area contributed by atoms with Gasteiger partial charge in [0.05, 0.1) is 50.5 Å². The molecule has 2 aromatic heterocycles. The first kappa shape index (κ1) is 42.2. The van der Waals surface area contributed by atoms with Crippen molar-refractivity contribution < 1.29 is 75.4 Å². The zero-order valence-electron chi connectivity index (χ0n) is 37.3. The molecule has 6 aliphatic carbocycles. The molecule has 0 N–H and O–H groups in total. The number of esters is 3. The lowest BCUT2D eigenvalue weighted by molar-refractivity contribution is -0.232. The SMILES string of the molecule is COC[C@H]1OC(=O)c2coc3c2C1(C)C1=C(C3=O)[C@@H]2CCC3(OCCO3)C2(C)CC1.COC[C@H]1OC(=O)c2coc3c2C1(C)C1=C(C3=O)[C@@H]2CCC3(OCCO3)C2(C)CC1OC(C)=O. The average molecular weight is 887 g/mol. The number of hydrogen-bond acceptors (Lipinski definition) is 16. The number of furan rings is 2. The van der Waals surface area contributed by atoms with Crippen molar-refractivity contribution in [2.75, 3.05) is 53.9 Å². The summed E-state index contributed by atoms with van der Waals surface area (Å²) in [5.41, 5.74) is 2.41. The van der Waals surface area contributed by atoms with Gasteiger partial charge in [-0.3, -0.25) is 14.4 Å². The molecule has 2 saturated heterocycles. The van der Waals surface area contributed by atoms with Crippen LogP contribution in [0.4, 0.5) is 0 Å². The van der Waals surface area contributed by atoms with E-state index in [0.717, 1.165) is 36.8 Å². The summed E-state index contributed by atoms with van der Waals surface area (Å²) in [6.07, 6.45) is 5.66. The van der Waals surface area contributed by atoms with E-state index in [2.05, 4.69) is 20.8 Å². The van der Waals surface area contributed by atoms with Crippen molar-refractivity contribution in [2.45, 2.75) is 120 Å². The van der Waals surface area contributed by atoms with Crippen molar-refractivity contribution in [3.05, 3.63) is 68.6 Å². The summed E-state index contributed by atoms with van der Waals surface area (Å²) in [6.45, 7) is 12.1. The van der Waals surface area contributed by atoms with E-state index in [1.54, 1.807) is 7.11 Å². The van der Waals surface area contributed by atoms with Crippen LogP contribution < -0.4 is 0 Å². The zero-order chi connectivity index (χ0) is 44.9. The Balaban J connectivity index is 0.000000144. The second-order valence-electron chi connectivity index (χ2n) is 19.9. The van der Waals surface area contributed by atoms with Gasteiger partial charge >= 0.3 is 17.9 Å². The van der Waals surface area contributed by atoms with Crippen molar-refractivity contribution in [2.24, 2.45) is 22.7 Å².